The van der Waals surface area contributed by atoms with Crippen LogP contribution < -0.4 is 4.72 Å². The van der Waals surface area contributed by atoms with Gasteiger partial charge in [-0.2, -0.15) is 5.10 Å². The highest BCUT2D eigenvalue weighted by Crippen LogP contribution is 2.25. The molecule has 2 heterocycles. The van der Waals surface area contributed by atoms with Crippen molar-refractivity contribution in [3.8, 4) is 5.69 Å². The van der Waals surface area contributed by atoms with E-state index in [4.69, 9.17) is 4.74 Å². The largest absolute Gasteiger partial charge is 0.377 e. The summed E-state index contributed by atoms with van der Waals surface area (Å²) in [6, 6.07) is 6.00. The second-order valence-electron chi connectivity index (χ2n) is 5.46. The fourth-order valence-electron chi connectivity index (χ4n) is 2.60. The van der Waals surface area contributed by atoms with Gasteiger partial charge in [0, 0.05) is 19.0 Å². The molecule has 0 saturated carbocycles. The summed E-state index contributed by atoms with van der Waals surface area (Å²) in [5.41, 5.74) is 0.232. The van der Waals surface area contributed by atoms with Crippen LogP contribution in [-0.4, -0.2) is 36.7 Å². The molecule has 1 aliphatic heterocycles. The van der Waals surface area contributed by atoms with Crippen LogP contribution in [0.4, 0.5) is 10.1 Å². The van der Waals surface area contributed by atoms with Gasteiger partial charge in [-0.1, -0.05) is 6.07 Å². The summed E-state index contributed by atoms with van der Waals surface area (Å²) >= 11 is 0. The number of nitrogens with zero attached hydrogens (tertiary/aromatic N) is 2. The third kappa shape index (κ3) is 3.89. The molecule has 8 heteroatoms. The minimum atomic E-state index is -3.73. The maximum atomic E-state index is 14.2. The topological polar surface area (TPSA) is 73.2 Å². The minimum Gasteiger partial charge on any atom is -0.377 e. The van der Waals surface area contributed by atoms with Gasteiger partial charge in [0.05, 0.1) is 17.5 Å². The Morgan fingerprint density at radius 1 is 1.35 bits per heavy atom. The van der Waals surface area contributed by atoms with Crippen molar-refractivity contribution in [3.05, 3.63) is 42.5 Å². The number of hydrogen-bond acceptors (Lipinski definition) is 4. The van der Waals surface area contributed by atoms with Gasteiger partial charge in [0.1, 0.15) is 11.5 Å². The molecule has 1 N–H and O–H groups in total. The molecule has 0 radical (unpaired) electrons. The maximum Gasteiger partial charge on any atom is 0.235 e. The first-order valence-electron chi connectivity index (χ1n) is 7.46. The van der Waals surface area contributed by atoms with Crippen LogP contribution in [0.2, 0.25) is 0 Å². The predicted octanol–water partition coefficient (Wildman–Crippen LogP) is 2.32. The number of anilines is 1. The van der Waals surface area contributed by atoms with Gasteiger partial charge < -0.3 is 4.74 Å². The molecule has 1 saturated heterocycles. The first-order valence-corrected chi connectivity index (χ1v) is 9.11. The van der Waals surface area contributed by atoms with Crippen molar-refractivity contribution in [2.75, 3.05) is 17.1 Å². The Hall–Kier alpha value is -1.93. The van der Waals surface area contributed by atoms with Gasteiger partial charge in [-0.05, 0) is 37.5 Å². The lowest BCUT2D eigenvalue weighted by atomic mass is 10.1. The van der Waals surface area contributed by atoms with E-state index in [1.807, 2.05) is 0 Å². The molecule has 23 heavy (non-hydrogen) atoms. The highest BCUT2D eigenvalue weighted by Gasteiger charge is 2.24. The number of rotatable bonds is 5. The van der Waals surface area contributed by atoms with Crippen molar-refractivity contribution in [3.63, 3.8) is 0 Å². The third-order valence-corrected chi connectivity index (χ3v) is 5.01. The second-order valence-corrected chi connectivity index (χ2v) is 7.22. The quantitative estimate of drug-likeness (QED) is 0.907. The molecule has 3 rings (SSSR count). The molecule has 1 aromatic heterocycles. The molecule has 1 unspecified atom stereocenters. The number of nitrogens with one attached hydrogen (secondary N) is 1. The average Bonchev–Trinajstić information content (AvgIpc) is 3.04. The standard InChI is InChI=1S/C15H18FN3O3S/c16-13-6-3-7-14(19-9-4-8-17-19)15(13)18-23(20,21)11-12-5-1-2-10-22-12/h3-4,6-9,12,18H,1-2,5,10-11H2. The molecule has 6 nitrogen and oxygen atoms in total. The van der Waals surface area contributed by atoms with Crippen molar-refractivity contribution in [2.24, 2.45) is 0 Å². The van der Waals surface area contributed by atoms with Gasteiger partial charge in [0.2, 0.25) is 10.0 Å². The zero-order valence-corrected chi connectivity index (χ0v) is 13.3. The van der Waals surface area contributed by atoms with Crippen LogP contribution >= 0.6 is 0 Å². The smallest absolute Gasteiger partial charge is 0.235 e. The Balaban J connectivity index is 1.84. The maximum absolute atomic E-state index is 14.2. The van der Waals surface area contributed by atoms with Gasteiger partial charge in [-0.15, -0.1) is 0 Å². The molecule has 124 valence electrons. The summed E-state index contributed by atoms with van der Waals surface area (Å²) in [7, 11) is -3.73. The highest BCUT2D eigenvalue weighted by molar-refractivity contribution is 7.92. The van der Waals surface area contributed by atoms with E-state index in [0.29, 0.717) is 18.7 Å². The molecule has 1 fully saturated rings. The second kappa shape index (κ2) is 6.67. The van der Waals surface area contributed by atoms with Crippen LogP contribution in [0.3, 0.4) is 0 Å². The Morgan fingerprint density at radius 2 is 2.22 bits per heavy atom. The predicted molar refractivity (Wildman–Crippen MR) is 84.5 cm³/mol. The number of sulfonamides is 1. The number of benzene rings is 1. The lowest BCUT2D eigenvalue weighted by molar-refractivity contribution is 0.0306. The van der Waals surface area contributed by atoms with E-state index in [1.165, 1.54) is 16.8 Å². The fraction of sp³-hybridized carbons (Fsp3) is 0.400. The monoisotopic (exact) mass is 339 g/mol. The molecule has 0 spiro atoms. The van der Waals surface area contributed by atoms with Crippen LogP contribution in [0, 0.1) is 5.82 Å². The van der Waals surface area contributed by atoms with Gasteiger partial charge in [-0.3, -0.25) is 4.72 Å². The lowest BCUT2D eigenvalue weighted by Crippen LogP contribution is -2.31. The molecule has 1 aromatic carbocycles. The number of para-hydroxylation sites is 1. The van der Waals surface area contributed by atoms with Gasteiger partial charge in [0.15, 0.2) is 0 Å². The number of halogens is 1. The zero-order valence-electron chi connectivity index (χ0n) is 12.5. The average molecular weight is 339 g/mol. The number of ether oxygens (including phenoxy) is 1. The van der Waals surface area contributed by atoms with Crippen molar-refractivity contribution in [1.29, 1.82) is 0 Å². The van der Waals surface area contributed by atoms with Gasteiger partial charge >= 0.3 is 0 Å². The Kier molecular flexibility index (Phi) is 4.63. The first-order chi connectivity index (χ1) is 11.1. The summed E-state index contributed by atoms with van der Waals surface area (Å²) in [5, 5.41) is 4.02. The van der Waals surface area contributed by atoms with E-state index in [1.54, 1.807) is 24.5 Å². The van der Waals surface area contributed by atoms with Crippen molar-refractivity contribution in [1.82, 2.24) is 9.78 Å². The van der Waals surface area contributed by atoms with Crippen LogP contribution in [-0.2, 0) is 14.8 Å². The fourth-order valence-corrected chi connectivity index (χ4v) is 3.95. The molecule has 0 amide bonds. The summed E-state index contributed by atoms with van der Waals surface area (Å²) < 4.78 is 48.1. The van der Waals surface area contributed by atoms with E-state index in [0.717, 1.165) is 12.8 Å². The number of aromatic nitrogens is 2. The summed E-state index contributed by atoms with van der Waals surface area (Å²) in [6.07, 6.45) is 5.40. The summed E-state index contributed by atoms with van der Waals surface area (Å²) in [5.74, 6) is -0.828. The van der Waals surface area contributed by atoms with E-state index >= 15 is 0 Å². The van der Waals surface area contributed by atoms with E-state index < -0.39 is 15.8 Å². The number of hydrogen-bond donors (Lipinski definition) is 1. The van der Waals surface area contributed by atoms with Crippen molar-refractivity contribution in [2.45, 2.75) is 25.4 Å². The Bertz CT molecular complexity index is 756. The molecular weight excluding hydrogens is 321 g/mol. The highest BCUT2D eigenvalue weighted by atomic mass is 32.2. The van der Waals surface area contributed by atoms with Crippen LogP contribution in [0.1, 0.15) is 19.3 Å². The van der Waals surface area contributed by atoms with Crippen molar-refractivity contribution >= 4 is 15.7 Å². The Labute approximate surface area is 134 Å². The van der Waals surface area contributed by atoms with Crippen LogP contribution in [0.5, 0.6) is 0 Å². The molecular formula is C15H18FN3O3S. The minimum absolute atomic E-state index is 0.105. The first kappa shape index (κ1) is 15.9. The van der Waals surface area contributed by atoms with E-state index in [9.17, 15) is 12.8 Å². The van der Waals surface area contributed by atoms with Gasteiger partial charge in [-0.25, -0.2) is 17.5 Å². The SMILES string of the molecule is O=S(=O)(CC1CCCCO1)Nc1c(F)cccc1-n1cccn1. The van der Waals surface area contributed by atoms with E-state index in [2.05, 4.69) is 9.82 Å². The molecule has 0 aliphatic carbocycles. The lowest BCUT2D eigenvalue weighted by Gasteiger charge is -2.23. The Morgan fingerprint density at radius 3 is 2.91 bits per heavy atom. The van der Waals surface area contributed by atoms with E-state index in [-0.39, 0.29) is 17.5 Å². The van der Waals surface area contributed by atoms with Crippen LogP contribution in [0.15, 0.2) is 36.7 Å². The van der Waals surface area contributed by atoms with Gasteiger partial charge in [0.25, 0.3) is 0 Å². The zero-order chi connectivity index (χ0) is 16.3. The van der Waals surface area contributed by atoms with Crippen LogP contribution in [0.25, 0.3) is 5.69 Å². The van der Waals surface area contributed by atoms with Crippen molar-refractivity contribution < 1.29 is 17.5 Å². The summed E-state index contributed by atoms with van der Waals surface area (Å²) in [6.45, 7) is 0.568. The molecule has 2 aromatic rings. The molecule has 1 atom stereocenters. The summed E-state index contributed by atoms with van der Waals surface area (Å²) in [4.78, 5) is 0. The normalized spacial score (nSPS) is 18.7. The molecule has 1 aliphatic rings. The molecule has 0 bridgehead atoms. The third-order valence-electron chi connectivity index (χ3n) is 3.68.